The van der Waals surface area contributed by atoms with Crippen LogP contribution in [0.5, 0.6) is 0 Å². The molecule has 0 aliphatic carbocycles. The van der Waals surface area contributed by atoms with Gasteiger partial charge in [-0.25, -0.2) is 4.98 Å². The summed E-state index contributed by atoms with van der Waals surface area (Å²) in [6.45, 7) is 6.23. The fraction of sp³-hybridized carbons (Fsp3) is 0.333. The molecule has 1 saturated heterocycles. The van der Waals surface area contributed by atoms with Crippen LogP contribution in [0.25, 0.3) is 0 Å². The predicted molar refractivity (Wildman–Crippen MR) is 99.9 cm³/mol. The van der Waals surface area contributed by atoms with E-state index in [-0.39, 0.29) is 0 Å². The van der Waals surface area contributed by atoms with Gasteiger partial charge in [-0.2, -0.15) is 0 Å². The largest absolute Gasteiger partial charge is 0.350 e. The molecule has 0 unspecified atom stereocenters. The summed E-state index contributed by atoms with van der Waals surface area (Å²) in [6.07, 6.45) is 1.85. The number of hydrogen-bond acceptors (Lipinski definition) is 3. The highest BCUT2D eigenvalue weighted by Crippen LogP contribution is 2.22. The predicted octanol–water partition coefficient (Wildman–Crippen LogP) is 3.38. The second-order valence-corrected chi connectivity index (χ2v) is 6.37. The summed E-state index contributed by atoms with van der Waals surface area (Å²) in [5, 5.41) is 4.13. The highest BCUT2D eigenvalue weighted by molar-refractivity contribution is 7.80. The molecule has 1 aliphatic heterocycles. The van der Waals surface area contributed by atoms with Crippen molar-refractivity contribution in [1.29, 1.82) is 0 Å². The molecule has 1 aromatic carbocycles. The lowest BCUT2D eigenvalue weighted by Gasteiger charge is -2.45. The lowest BCUT2D eigenvalue weighted by Crippen LogP contribution is -2.59. The second-order valence-electron chi connectivity index (χ2n) is 5.99. The van der Waals surface area contributed by atoms with Crippen molar-refractivity contribution < 1.29 is 0 Å². The van der Waals surface area contributed by atoms with Gasteiger partial charge < -0.3 is 15.1 Å². The molecule has 5 heteroatoms. The lowest BCUT2D eigenvalue weighted by molar-refractivity contribution is 0.266. The third kappa shape index (κ3) is 3.62. The summed E-state index contributed by atoms with van der Waals surface area (Å²) in [5.74, 6) is 1.04. The lowest BCUT2D eigenvalue weighted by atomic mass is 10.1. The molecule has 2 atom stereocenters. The topological polar surface area (TPSA) is 31.4 Å². The summed E-state index contributed by atoms with van der Waals surface area (Å²) in [4.78, 5) is 9.11. The zero-order chi connectivity index (χ0) is 16.2. The Kier molecular flexibility index (Phi) is 4.76. The third-order valence-electron chi connectivity index (χ3n) is 4.22. The molecule has 1 fully saturated rings. The molecule has 3 rings (SSSR count). The molecule has 2 aromatic rings. The van der Waals surface area contributed by atoms with Crippen molar-refractivity contribution in [3.8, 4) is 0 Å². The summed E-state index contributed by atoms with van der Waals surface area (Å²) in [7, 11) is 0. The Morgan fingerprint density at radius 2 is 1.78 bits per heavy atom. The van der Waals surface area contributed by atoms with Crippen LogP contribution in [0.15, 0.2) is 54.7 Å². The van der Waals surface area contributed by atoms with E-state index in [0.717, 1.165) is 29.7 Å². The Balaban J connectivity index is 1.68. The molecule has 0 radical (unpaired) electrons. The first kappa shape index (κ1) is 15.7. The van der Waals surface area contributed by atoms with Gasteiger partial charge >= 0.3 is 0 Å². The minimum Gasteiger partial charge on any atom is -0.350 e. The monoisotopic (exact) mass is 326 g/mol. The van der Waals surface area contributed by atoms with E-state index in [2.05, 4.69) is 40.0 Å². The van der Waals surface area contributed by atoms with Crippen molar-refractivity contribution in [3.05, 3.63) is 54.7 Å². The Bertz CT molecular complexity index is 647. The molecular weight excluding hydrogens is 304 g/mol. The van der Waals surface area contributed by atoms with E-state index in [1.807, 2.05) is 48.7 Å². The molecule has 4 nitrogen and oxygen atoms in total. The molecule has 0 spiro atoms. The number of piperazine rings is 1. The van der Waals surface area contributed by atoms with Crippen LogP contribution in [0.2, 0.25) is 0 Å². The smallest absolute Gasteiger partial charge is 0.173 e. The average Bonchev–Trinajstić information content (AvgIpc) is 2.58. The van der Waals surface area contributed by atoms with Gasteiger partial charge in [0.05, 0.1) is 0 Å². The van der Waals surface area contributed by atoms with Gasteiger partial charge in [0, 0.05) is 37.1 Å². The molecule has 0 saturated carbocycles. The van der Waals surface area contributed by atoms with Crippen LogP contribution >= 0.6 is 12.2 Å². The quantitative estimate of drug-likeness (QED) is 0.855. The maximum Gasteiger partial charge on any atom is 0.173 e. The molecule has 120 valence electrons. The number of pyridine rings is 1. The molecule has 1 aliphatic rings. The van der Waals surface area contributed by atoms with Gasteiger partial charge in [-0.05, 0) is 50.3 Å². The standard InChI is InChI=1S/C18H22N4S/c1-14-13-22(18(23)20-16-8-4-3-5-9-16)15(2)12-21(14)17-10-6-7-11-19-17/h3-11,14-15H,12-13H2,1-2H3,(H,20,23)/t14-,15+/m1/s1. The van der Waals surface area contributed by atoms with Gasteiger partial charge in [0.1, 0.15) is 5.82 Å². The van der Waals surface area contributed by atoms with Crippen molar-refractivity contribution in [2.24, 2.45) is 0 Å². The summed E-state index contributed by atoms with van der Waals surface area (Å²) in [5.41, 5.74) is 1.03. The van der Waals surface area contributed by atoms with Crippen LogP contribution in [0.1, 0.15) is 13.8 Å². The molecule has 1 aromatic heterocycles. The van der Waals surface area contributed by atoms with Crippen LogP contribution in [-0.4, -0.2) is 40.2 Å². The molecule has 1 N–H and O–H groups in total. The summed E-state index contributed by atoms with van der Waals surface area (Å²) >= 11 is 5.62. The van der Waals surface area contributed by atoms with Crippen LogP contribution in [0, 0.1) is 0 Å². The number of anilines is 2. The normalized spacial score (nSPS) is 21.1. The number of benzene rings is 1. The van der Waals surface area contributed by atoms with Crippen LogP contribution < -0.4 is 10.2 Å². The van der Waals surface area contributed by atoms with Gasteiger partial charge in [0.2, 0.25) is 0 Å². The van der Waals surface area contributed by atoms with Gasteiger partial charge in [-0.3, -0.25) is 0 Å². The number of hydrogen-bond donors (Lipinski definition) is 1. The molecule has 0 amide bonds. The number of thiocarbonyl (C=S) groups is 1. The van der Waals surface area contributed by atoms with E-state index in [1.54, 1.807) is 0 Å². The zero-order valence-electron chi connectivity index (χ0n) is 13.5. The summed E-state index contributed by atoms with van der Waals surface area (Å²) < 4.78 is 0. The Morgan fingerprint density at radius 1 is 1.04 bits per heavy atom. The number of nitrogens with zero attached hydrogens (tertiary/aromatic N) is 3. The first-order valence-electron chi connectivity index (χ1n) is 7.95. The minimum absolute atomic E-state index is 0.330. The molecular formula is C18H22N4S. The van der Waals surface area contributed by atoms with Gasteiger partial charge in [-0.15, -0.1) is 0 Å². The fourth-order valence-corrected chi connectivity index (χ4v) is 3.34. The van der Waals surface area contributed by atoms with Gasteiger partial charge in [0.15, 0.2) is 5.11 Å². The number of nitrogens with one attached hydrogen (secondary N) is 1. The Hall–Kier alpha value is -2.14. The van der Waals surface area contributed by atoms with E-state index in [0.29, 0.717) is 12.1 Å². The highest BCUT2D eigenvalue weighted by atomic mass is 32.1. The van der Waals surface area contributed by atoms with Crippen LogP contribution in [-0.2, 0) is 0 Å². The number of aromatic nitrogens is 1. The van der Waals surface area contributed by atoms with Gasteiger partial charge in [0.25, 0.3) is 0 Å². The molecule has 23 heavy (non-hydrogen) atoms. The van der Waals surface area contributed by atoms with Crippen LogP contribution in [0.3, 0.4) is 0 Å². The first-order valence-corrected chi connectivity index (χ1v) is 8.36. The number of para-hydroxylation sites is 1. The second kappa shape index (κ2) is 6.96. The van der Waals surface area contributed by atoms with Crippen LogP contribution in [0.4, 0.5) is 11.5 Å². The van der Waals surface area contributed by atoms with Crippen molar-refractivity contribution in [2.45, 2.75) is 25.9 Å². The Labute approximate surface area is 143 Å². The SMILES string of the molecule is C[C@@H]1CN(C(=S)Nc2ccccc2)[C@@H](C)CN1c1ccccn1. The van der Waals surface area contributed by atoms with E-state index in [4.69, 9.17) is 12.2 Å². The molecule has 0 bridgehead atoms. The van der Waals surface area contributed by atoms with Crippen molar-refractivity contribution in [2.75, 3.05) is 23.3 Å². The first-order chi connectivity index (χ1) is 11.1. The maximum absolute atomic E-state index is 5.62. The summed E-state index contributed by atoms with van der Waals surface area (Å²) in [6, 6.07) is 16.8. The minimum atomic E-state index is 0.330. The van der Waals surface area contributed by atoms with Crippen molar-refractivity contribution in [1.82, 2.24) is 9.88 Å². The maximum atomic E-state index is 5.62. The average molecular weight is 326 g/mol. The third-order valence-corrected chi connectivity index (χ3v) is 4.55. The molecule has 2 heterocycles. The van der Waals surface area contributed by atoms with Crippen molar-refractivity contribution >= 4 is 28.8 Å². The highest BCUT2D eigenvalue weighted by Gasteiger charge is 2.31. The van der Waals surface area contributed by atoms with E-state index >= 15 is 0 Å². The Morgan fingerprint density at radius 3 is 2.48 bits per heavy atom. The van der Waals surface area contributed by atoms with Gasteiger partial charge in [-0.1, -0.05) is 24.3 Å². The van der Waals surface area contributed by atoms with E-state index in [9.17, 15) is 0 Å². The fourth-order valence-electron chi connectivity index (χ4n) is 2.97. The van der Waals surface area contributed by atoms with E-state index in [1.165, 1.54) is 0 Å². The zero-order valence-corrected chi connectivity index (χ0v) is 14.3. The van der Waals surface area contributed by atoms with Crippen molar-refractivity contribution in [3.63, 3.8) is 0 Å². The van der Waals surface area contributed by atoms with E-state index < -0.39 is 0 Å². The number of rotatable bonds is 2.